The number of carboxylic acid groups (broad SMARTS) is 1. The van der Waals surface area contributed by atoms with Crippen molar-refractivity contribution in [3.8, 4) is 0 Å². The van der Waals surface area contributed by atoms with Crippen LogP contribution < -0.4 is 16.4 Å². The second kappa shape index (κ2) is 8.53. The monoisotopic (exact) mass is 395 g/mol. The van der Waals surface area contributed by atoms with Gasteiger partial charge in [-0.25, -0.2) is 4.79 Å². The first kappa shape index (κ1) is 20.9. The maximum absolute atomic E-state index is 12.2. The number of hydrogen-bond donors (Lipinski definition) is 4. The molecule has 28 heavy (non-hydrogen) atoms. The number of carbonyl (C=O) groups is 3. The molecule has 0 saturated heterocycles. The van der Waals surface area contributed by atoms with E-state index in [0.29, 0.717) is 11.3 Å². The van der Waals surface area contributed by atoms with Crippen LogP contribution in [0.2, 0.25) is 0 Å². The lowest BCUT2D eigenvalue weighted by Crippen LogP contribution is -2.37. The summed E-state index contributed by atoms with van der Waals surface area (Å²) in [4.78, 5) is 33.8. The molecule has 2 aromatic carbocycles. The fourth-order valence-electron chi connectivity index (χ4n) is 2.20. The Hall–Kier alpha value is -3.40. The van der Waals surface area contributed by atoms with Crippen LogP contribution in [-0.2, 0) is 16.0 Å². The SMILES string of the molecule is NC(Cc1ccc(NC(=O)C(F)(F)F)cc1)C(=O)Nc1ccc(C(=O)O)cc1. The minimum Gasteiger partial charge on any atom is -0.478 e. The zero-order valence-corrected chi connectivity index (χ0v) is 14.3. The van der Waals surface area contributed by atoms with Crippen molar-refractivity contribution in [2.45, 2.75) is 18.6 Å². The molecule has 0 aliphatic rings. The van der Waals surface area contributed by atoms with E-state index in [0.717, 1.165) is 0 Å². The lowest BCUT2D eigenvalue weighted by molar-refractivity contribution is -0.167. The van der Waals surface area contributed by atoms with Crippen LogP contribution in [0.5, 0.6) is 0 Å². The second-order valence-corrected chi connectivity index (χ2v) is 5.83. The Bertz CT molecular complexity index is 865. The van der Waals surface area contributed by atoms with Gasteiger partial charge in [0.2, 0.25) is 5.91 Å². The smallest absolute Gasteiger partial charge is 0.471 e. The molecule has 2 rings (SSSR count). The van der Waals surface area contributed by atoms with E-state index in [-0.39, 0.29) is 17.7 Å². The number of rotatable bonds is 6. The van der Waals surface area contributed by atoms with Crippen LogP contribution in [-0.4, -0.2) is 35.1 Å². The minimum atomic E-state index is -4.98. The number of benzene rings is 2. The molecule has 1 atom stereocenters. The van der Waals surface area contributed by atoms with Crippen molar-refractivity contribution in [1.82, 2.24) is 0 Å². The van der Waals surface area contributed by atoms with Gasteiger partial charge in [-0.1, -0.05) is 12.1 Å². The fraction of sp³-hybridized carbons (Fsp3) is 0.167. The molecular weight excluding hydrogens is 379 g/mol. The summed E-state index contributed by atoms with van der Waals surface area (Å²) < 4.78 is 36.6. The lowest BCUT2D eigenvalue weighted by Gasteiger charge is -2.13. The Morgan fingerprint density at radius 3 is 1.93 bits per heavy atom. The summed E-state index contributed by atoms with van der Waals surface area (Å²) in [6, 6.07) is 9.99. The molecular formula is C18H16F3N3O4. The highest BCUT2D eigenvalue weighted by Gasteiger charge is 2.38. The number of carboxylic acids is 1. The summed E-state index contributed by atoms with van der Waals surface area (Å²) >= 11 is 0. The first-order valence-corrected chi connectivity index (χ1v) is 7.93. The van der Waals surface area contributed by atoms with E-state index in [9.17, 15) is 27.6 Å². The van der Waals surface area contributed by atoms with Crippen molar-refractivity contribution in [3.63, 3.8) is 0 Å². The van der Waals surface area contributed by atoms with Gasteiger partial charge in [0.1, 0.15) is 0 Å². The van der Waals surface area contributed by atoms with Crippen LogP contribution in [0.25, 0.3) is 0 Å². The van der Waals surface area contributed by atoms with Crippen molar-refractivity contribution < 1.29 is 32.7 Å². The van der Waals surface area contributed by atoms with Crippen LogP contribution in [0.1, 0.15) is 15.9 Å². The highest BCUT2D eigenvalue weighted by Crippen LogP contribution is 2.19. The van der Waals surface area contributed by atoms with Gasteiger partial charge in [-0.3, -0.25) is 9.59 Å². The molecule has 0 heterocycles. The molecule has 0 aliphatic heterocycles. The van der Waals surface area contributed by atoms with E-state index in [1.54, 1.807) is 5.32 Å². The molecule has 0 bridgehead atoms. The third kappa shape index (κ3) is 5.81. The Labute approximate surface area is 157 Å². The summed E-state index contributed by atoms with van der Waals surface area (Å²) in [5.74, 6) is -3.69. The number of anilines is 2. The highest BCUT2D eigenvalue weighted by molar-refractivity contribution is 5.96. The molecule has 0 radical (unpaired) electrons. The van der Waals surface area contributed by atoms with Crippen molar-refractivity contribution >= 4 is 29.2 Å². The predicted molar refractivity (Wildman–Crippen MR) is 94.8 cm³/mol. The molecule has 10 heteroatoms. The average Bonchev–Trinajstić information content (AvgIpc) is 2.62. The standard InChI is InChI=1S/C18H16F3N3O4/c19-18(20,21)17(28)24-13-5-1-10(2-6-13)9-14(22)15(25)23-12-7-3-11(4-8-12)16(26)27/h1-8,14H,9,22H2,(H,23,25)(H,24,28)(H,26,27). The summed E-state index contributed by atoms with van der Waals surface area (Å²) in [5, 5.41) is 13.1. The molecule has 0 saturated carbocycles. The van der Waals surface area contributed by atoms with E-state index in [2.05, 4.69) is 5.32 Å². The quantitative estimate of drug-likeness (QED) is 0.598. The first-order valence-electron chi connectivity index (χ1n) is 7.93. The molecule has 2 amide bonds. The van der Waals surface area contributed by atoms with Gasteiger partial charge in [-0.05, 0) is 48.4 Å². The normalized spacial score (nSPS) is 12.1. The fourth-order valence-corrected chi connectivity index (χ4v) is 2.20. The minimum absolute atomic E-state index is 0.0392. The molecule has 2 aromatic rings. The largest absolute Gasteiger partial charge is 0.478 e. The third-order valence-corrected chi connectivity index (χ3v) is 3.66. The van der Waals surface area contributed by atoms with E-state index >= 15 is 0 Å². The summed E-state index contributed by atoms with van der Waals surface area (Å²) in [5.41, 5.74) is 6.81. The third-order valence-electron chi connectivity index (χ3n) is 3.66. The van der Waals surface area contributed by atoms with E-state index in [1.807, 2.05) is 0 Å². The van der Waals surface area contributed by atoms with E-state index in [4.69, 9.17) is 10.8 Å². The number of nitrogens with two attached hydrogens (primary N) is 1. The summed E-state index contributed by atoms with van der Waals surface area (Å²) in [6.45, 7) is 0. The van der Waals surface area contributed by atoms with Crippen molar-refractivity contribution in [2.24, 2.45) is 5.73 Å². The summed E-state index contributed by atoms with van der Waals surface area (Å²) in [7, 11) is 0. The van der Waals surface area contributed by atoms with Crippen LogP contribution in [0.4, 0.5) is 24.5 Å². The van der Waals surface area contributed by atoms with Crippen molar-refractivity contribution in [1.29, 1.82) is 0 Å². The molecule has 0 spiro atoms. The maximum Gasteiger partial charge on any atom is 0.471 e. The highest BCUT2D eigenvalue weighted by atomic mass is 19.4. The van der Waals surface area contributed by atoms with Crippen LogP contribution >= 0.6 is 0 Å². The predicted octanol–water partition coefficient (Wildman–Crippen LogP) is 2.39. The van der Waals surface area contributed by atoms with Gasteiger partial charge in [-0.15, -0.1) is 0 Å². The molecule has 0 aromatic heterocycles. The van der Waals surface area contributed by atoms with Gasteiger partial charge < -0.3 is 21.5 Å². The number of hydrogen-bond acceptors (Lipinski definition) is 4. The molecule has 0 fully saturated rings. The second-order valence-electron chi connectivity index (χ2n) is 5.83. The van der Waals surface area contributed by atoms with Gasteiger partial charge in [0.05, 0.1) is 11.6 Å². The molecule has 0 aliphatic carbocycles. The number of alkyl halides is 3. The number of halogens is 3. The van der Waals surface area contributed by atoms with Gasteiger partial charge >= 0.3 is 18.1 Å². The Morgan fingerprint density at radius 2 is 1.43 bits per heavy atom. The Kier molecular flexibility index (Phi) is 6.37. The van der Waals surface area contributed by atoms with Crippen molar-refractivity contribution in [3.05, 3.63) is 59.7 Å². The maximum atomic E-state index is 12.2. The van der Waals surface area contributed by atoms with Crippen molar-refractivity contribution in [2.75, 3.05) is 10.6 Å². The van der Waals surface area contributed by atoms with Crippen LogP contribution in [0.15, 0.2) is 48.5 Å². The molecule has 5 N–H and O–H groups in total. The Morgan fingerprint density at radius 1 is 0.929 bits per heavy atom. The van der Waals surface area contributed by atoms with Gasteiger partial charge in [0, 0.05) is 11.4 Å². The summed E-state index contributed by atoms with van der Waals surface area (Å²) in [6.07, 6.45) is -4.88. The number of aromatic carboxylic acids is 1. The topological polar surface area (TPSA) is 122 Å². The average molecular weight is 395 g/mol. The lowest BCUT2D eigenvalue weighted by atomic mass is 10.1. The van der Waals surface area contributed by atoms with Gasteiger partial charge in [0.15, 0.2) is 0 Å². The van der Waals surface area contributed by atoms with E-state index < -0.39 is 30.0 Å². The molecule has 7 nitrogen and oxygen atoms in total. The van der Waals surface area contributed by atoms with Gasteiger partial charge in [0.25, 0.3) is 0 Å². The molecule has 148 valence electrons. The zero-order chi connectivity index (χ0) is 20.9. The number of carbonyl (C=O) groups excluding carboxylic acids is 2. The number of nitrogens with one attached hydrogen (secondary N) is 2. The van der Waals surface area contributed by atoms with Gasteiger partial charge in [-0.2, -0.15) is 13.2 Å². The first-order chi connectivity index (χ1) is 13.1. The zero-order valence-electron chi connectivity index (χ0n) is 14.3. The van der Waals surface area contributed by atoms with E-state index in [1.165, 1.54) is 48.5 Å². The number of amides is 2. The van der Waals surface area contributed by atoms with Crippen LogP contribution in [0, 0.1) is 0 Å². The van der Waals surface area contributed by atoms with Crippen LogP contribution in [0.3, 0.4) is 0 Å². The Balaban J connectivity index is 1.92. The molecule has 1 unspecified atom stereocenters.